The normalized spacial score (nSPS) is 12.4. The van der Waals surface area contributed by atoms with E-state index in [9.17, 15) is 9.59 Å². The molecule has 1 atom stereocenters. The summed E-state index contributed by atoms with van der Waals surface area (Å²) < 4.78 is 6.33. The smallest absolute Gasteiger partial charge is 0.306 e. The first-order valence-electron chi connectivity index (χ1n) is 5.85. The Kier molecular flexibility index (Phi) is 3.55. The summed E-state index contributed by atoms with van der Waals surface area (Å²) >= 11 is 0. The molecular weight excluding hydrogens is 248 g/mol. The first kappa shape index (κ1) is 13.1. The van der Waals surface area contributed by atoms with Gasteiger partial charge in [-0.05, 0) is 12.5 Å². The maximum atomic E-state index is 11.9. The summed E-state index contributed by atoms with van der Waals surface area (Å²) in [4.78, 5) is 23.4. The topological polar surface area (TPSA) is 92.8 Å². The second kappa shape index (κ2) is 5.13. The molecule has 0 radical (unpaired) electrons. The van der Waals surface area contributed by atoms with Gasteiger partial charge in [0.15, 0.2) is 0 Å². The van der Waals surface area contributed by atoms with E-state index in [1.165, 1.54) is 7.11 Å². The van der Waals surface area contributed by atoms with E-state index in [-0.39, 0.29) is 23.9 Å². The average molecular weight is 264 g/mol. The van der Waals surface area contributed by atoms with E-state index in [2.05, 4.69) is 15.3 Å². The molecule has 0 bridgehead atoms. The maximum Gasteiger partial charge on any atom is 0.306 e. The maximum absolute atomic E-state index is 11.9. The largest absolute Gasteiger partial charge is 0.469 e. The summed E-state index contributed by atoms with van der Waals surface area (Å²) in [5.74, 6) is -0.731. The molecule has 19 heavy (non-hydrogen) atoms. The van der Waals surface area contributed by atoms with Crippen LogP contribution in [0, 0.1) is 6.92 Å². The van der Waals surface area contributed by atoms with Gasteiger partial charge in [0.05, 0.1) is 19.7 Å². The van der Waals surface area contributed by atoms with Crippen molar-refractivity contribution in [2.75, 3.05) is 7.11 Å². The number of carbonyl (C=O) groups excluding carboxylic acids is 1. The zero-order valence-electron chi connectivity index (χ0n) is 11.1. The highest BCUT2D eigenvalue weighted by Gasteiger charge is 2.25. The number of ether oxygens (including phenoxy) is 1. The summed E-state index contributed by atoms with van der Waals surface area (Å²) in [6, 6.07) is 0. The molecule has 7 nitrogen and oxygen atoms in total. The lowest BCUT2D eigenvalue weighted by atomic mass is 9.91. The van der Waals surface area contributed by atoms with Gasteiger partial charge in [-0.3, -0.25) is 19.4 Å². The number of rotatable bonds is 4. The van der Waals surface area contributed by atoms with Crippen LogP contribution >= 0.6 is 0 Å². The van der Waals surface area contributed by atoms with Gasteiger partial charge in [-0.1, -0.05) is 0 Å². The fraction of sp³-hybridized carbons (Fsp3) is 0.417. The molecule has 0 aliphatic rings. The standard InChI is InChI=1S/C12H16N4O3/c1-7-11(12(18)15-14-7)9(4-10(17)19-3)8-5-13-16(2)6-8/h5-6,9H,4H2,1-3H3,(H2,14,15,18)/t9-/m1/s1. The van der Waals surface area contributed by atoms with Crippen LogP contribution in [0.2, 0.25) is 0 Å². The van der Waals surface area contributed by atoms with Crippen LogP contribution in [0.5, 0.6) is 0 Å². The monoisotopic (exact) mass is 264 g/mol. The first-order chi connectivity index (χ1) is 9.02. The molecule has 0 aliphatic heterocycles. The van der Waals surface area contributed by atoms with Crippen LogP contribution in [0.4, 0.5) is 0 Å². The van der Waals surface area contributed by atoms with E-state index < -0.39 is 0 Å². The van der Waals surface area contributed by atoms with Crippen LogP contribution in [-0.4, -0.2) is 33.1 Å². The van der Waals surface area contributed by atoms with Gasteiger partial charge < -0.3 is 9.84 Å². The molecule has 0 saturated carbocycles. The zero-order chi connectivity index (χ0) is 14.0. The summed E-state index contributed by atoms with van der Waals surface area (Å²) in [6.07, 6.45) is 3.54. The molecule has 102 valence electrons. The lowest BCUT2D eigenvalue weighted by Gasteiger charge is -2.12. The van der Waals surface area contributed by atoms with Crippen LogP contribution in [0.15, 0.2) is 17.2 Å². The lowest BCUT2D eigenvalue weighted by Crippen LogP contribution is -2.17. The van der Waals surface area contributed by atoms with Crippen LogP contribution in [0.1, 0.15) is 29.2 Å². The van der Waals surface area contributed by atoms with E-state index in [0.29, 0.717) is 11.3 Å². The number of hydrogen-bond donors (Lipinski definition) is 2. The molecule has 0 unspecified atom stereocenters. The third kappa shape index (κ3) is 2.59. The SMILES string of the molecule is COC(=O)C[C@H](c1cnn(C)c1)c1c(C)[nH][nH]c1=O. The number of aryl methyl sites for hydroxylation is 2. The fourth-order valence-electron chi connectivity index (χ4n) is 2.13. The molecule has 0 spiro atoms. The van der Waals surface area contributed by atoms with Crippen LogP contribution in [-0.2, 0) is 16.6 Å². The van der Waals surface area contributed by atoms with E-state index in [0.717, 1.165) is 5.56 Å². The number of carbonyl (C=O) groups is 1. The van der Waals surface area contributed by atoms with E-state index >= 15 is 0 Å². The Labute approximate surface area is 109 Å². The van der Waals surface area contributed by atoms with Crippen molar-refractivity contribution in [1.29, 1.82) is 0 Å². The fourth-order valence-corrected chi connectivity index (χ4v) is 2.13. The number of aromatic amines is 2. The molecule has 2 aromatic heterocycles. The Bertz CT molecular complexity index is 637. The molecule has 0 saturated heterocycles. The minimum absolute atomic E-state index is 0.101. The Morgan fingerprint density at radius 3 is 2.74 bits per heavy atom. The van der Waals surface area contributed by atoms with Gasteiger partial charge >= 0.3 is 5.97 Å². The molecular formula is C12H16N4O3. The van der Waals surface area contributed by atoms with Gasteiger partial charge in [0.25, 0.3) is 5.56 Å². The Morgan fingerprint density at radius 2 is 2.26 bits per heavy atom. The first-order valence-corrected chi connectivity index (χ1v) is 5.85. The van der Waals surface area contributed by atoms with Gasteiger partial charge in [0.2, 0.25) is 0 Å². The summed E-state index contributed by atoms with van der Waals surface area (Å²) in [7, 11) is 3.11. The molecule has 0 fully saturated rings. The van der Waals surface area contributed by atoms with Crippen molar-refractivity contribution in [1.82, 2.24) is 20.0 Å². The third-order valence-electron chi connectivity index (χ3n) is 3.09. The summed E-state index contributed by atoms with van der Waals surface area (Å²) in [5, 5.41) is 9.38. The minimum atomic E-state index is -0.367. The van der Waals surface area contributed by atoms with Crippen molar-refractivity contribution in [3.63, 3.8) is 0 Å². The van der Waals surface area contributed by atoms with Crippen LogP contribution in [0.3, 0.4) is 0 Å². The number of nitrogens with one attached hydrogen (secondary N) is 2. The van der Waals surface area contributed by atoms with Gasteiger partial charge in [-0.25, -0.2) is 0 Å². The highest BCUT2D eigenvalue weighted by Crippen LogP contribution is 2.27. The van der Waals surface area contributed by atoms with Crippen LogP contribution < -0.4 is 5.56 Å². The van der Waals surface area contributed by atoms with Gasteiger partial charge in [-0.2, -0.15) is 5.10 Å². The van der Waals surface area contributed by atoms with Crippen molar-refractivity contribution in [3.8, 4) is 0 Å². The summed E-state index contributed by atoms with van der Waals surface area (Å²) in [6.45, 7) is 1.79. The molecule has 2 N–H and O–H groups in total. The Balaban J connectivity index is 2.46. The second-order valence-electron chi connectivity index (χ2n) is 4.40. The minimum Gasteiger partial charge on any atom is -0.469 e. The van der Waals surface area contributed by atoms with Crippen molar-refractivity contribution in [3.05, 3.63) is 39.6 Å². The second-order valence-corrected chi connectivity index (χ2v) is 4.40. The molecule has 0 amide bonds. The third-order valence-corrected chi connectivity index (χ3v) is 3.09. The predicted octanol–water partition coefficient (Wildman–Crippen LogP) is 0.440. The Morgan fingerprint density at radius 1 is 1.53 bits per heavy atom. The zero-order valence-corrected chi connectivity index (χ0v) is 11.1. The molecule has 7 heteroatoms. The lowest BCUT2D eigenvalue weighted by molar-refractivity contribution is -0.140. The van der Waals surface area contributed by atoms with Crippen molar-refractivity contribution in [2.45, 2.75) is 19.3 Å². The molecule has 0 aromatic carbocycles. The van der Waals surface area contributed by atoms with Gasteiger partial charge in [0, 0.05) is 30.4 Å². The van der Waals surface area contributed by atoms with Gasteiger partial charge in [0.1, 0.15) is 0 Å². The van der Waals surface area contributed by atoms with E-state index in [1.807, 2.05) is 0 Å². The van der Waals surface area contributed by atoms with Crippen molar-refractivity contribution >= 4 is 5.97 Å². The van der Waals surface area contributed by atoms with Gasteiger partial charge in [-0.15, -0.1) is 0 Å². The highest BCUT2D eigenvalue weighted by molar-refractivity contribution is 5.71. The molecule has 2 aromatic rings. The van der Waals surface area contributed by atoms with Crippen molar-refractivity contribution in [2.24, 2.45) is 7.05 Å². The number of H-pyrrole nitrogens is 2. The van der Waals surface area contributed by atoms with Crippen molar-refractivity contribution < 1.29 is 9.53 Å². The highest BCUT2D eigenvalue weighted by atomic mass is 16.5. The molecule has 2 rings (SSSR count). The number of methoxy groups -OCH3 is 1. The number of nitrogens with zero attached hydrogens (tertiary/aromatic N) is 2. The molecule has 2 heterocycles. The van der Waals surface area contributed by atoms with E-state index in [1.54, 1.807) is 31.0 Å². The number of esters is 1. The average Bonchev–Trinajstić information content (AvgIpc) is 2.94. The Hall–Kier alpha value is -2.31. The predicted molar refractivity (Wildman–Crippen MR) is 67.8 cm³/mol. The van der Waals surface area contributed by atoms with E-state index in [4.69, 9.17) is 4.74 Å². The number of aromatic nitrogens is 4. The summed E-state index contributed by atoms with van der Waals surface area (Å²) in [5.41, 5.74) is 1.83. The molecule has 0 aliphatic carbocycles. The number of hydrogen-bond acceptors (Lipinski definition) is 4. The quantitative estimate of drug-likeness (QED) is 0.784. The van der Waals surface area contributed by atoms with Crippen LogP contribution in [0.25, 0.3) is 0 Å².